The van der Waals surface area contributed by atoms with E-state index in [4.69, 9.17) is 5.73 Å². The summed E-state index contributed by atoms with van der Waals surface area (Å²) in [5.74, 6) is -0.482. The molecule has 0 saturated carbocycles. The first-order chi connectivity index (χ1) is 13.6. The smallest absolute Gasteiger partial charge is 0.257 e. The first-order valence-electron chi connectivity index (χ1n) is 9.23. The number of piperazine rings is 1. The molecular formula is C20H19FN6O. The number of nitrogens with one attached hydrogen (secondary N) is 2. The van der Waals surface area contributed by atoms with Crippen LogP contribution in [0.4, 0.5) is 15.8 Å². The van der Waals surface area contributed by atoms with Gasteiger partial charge in [0.15, 0.2) is 6.17 Å². The zero-order chi connectivity index (χ0) is 19.3. The number of aromatic amines is 1. The van der Waals surface area contributed by atoms with Crippen LogP contribution in [0.2, 0.25) is 0 Å². The molecule has 0 aliphatic carbocycles. The van der Waals surface area contributed by atoms with Crippen molar-refractivity contribution < 1.29 is 4.39 Å². The number of aromatic nitrogens is 1. The molecular weight excluding hydrogens is 359 g/mol. The third-order valence-corrected chi connectivity index (χ3v) is 5.29. The van der Waals surface area contributed by atoms with Crippen molar-refractivity contribution in [1.82, 2.24) is 10.3 Å². The molecule has 28 heavy (non-hydrogen) atoms. The maximum absolute atomic E-state index is 14.3. The van der Waals surface area contributed by atoms with Crippen molar-refractivity contribution in [3.63, 3.8) is 0 Å². The zero-order valence-corrected chi connectivity index (χ0v) is 15.1. The number of hydrogen-bond donors (Lipinski definition) is 3. The standard InChI is InChI=1S/C20H19FN6O/c21-12-2-1-3-14-16(12)18(22)17(20(28)26-14)19-24-13-5-4-11(10-15(13)25-19)27-8-6-23-7-9-27/h1-5,10,19,23H,6-9H2,(H3,22,26,28)/t19-/m1/s1. The second-order valence-corrected chi connectivity index (χ2v) is 6.99. The Bertz CT molecular complexity index is 1260. The summed E-state index contributed by atoms with van der Waals surface area (Å²) in [4.78, 5) is 26.8. The van der Waals surface area contributed by atoms with Gasteiger partial charge < -0.3 is 20.9 Å². The second-order valence-electron chi connectivity index (χ2n) is 6.99. The molecule has 0 unspecified atom stereocenters. The highest BCUT2D eigenvalue weighted by Gasteiger charge is 2.23. The number of pyridine rings is 1. The number of fused-ring (bicyclic) bond motifs is 2. The van der Waals surface area contributed by atoms with Gasteiger partial charge in [-0.15, -0.1) is 0 Å². The van der Waals surface area contributed by atoms with E-state index in [0.29, 0.717) is 16.2 Å². The van der Waals surface area contributed by atoms with E-state index in [2.05, 4.69) is 25.2 Å². The summed E-state index contributed by atoms with van der Waals surface area (Å²) in [7, 11) is 0. The van der Waals surface area contributed by atoms with E-state index in [1.807, 2.05) is 18.2 Å². The van der Waals surface area contributed by atoms with Crippen LogP contribution in [0.5, 0.6) is 0 Å². The first kappa shape index (κ1) is 16.9. The highest BCUT2D eigenvalue weighted by molar-refractivity contribution is 5.92. The Balaban J connectivity index is 1.61. The van der Waals surface area contributed by atoms with E-state index in [9.17, 15) is 9.18 Å². The minimum Gasteiger partial charge on any atom is -0.398 e. The fourth-order valence-electron chi connectivity index (χ4n) is 3.87. The monoisotopic (exact) mass is 378 g/mol. The third kappa shape index (κ3) is 2.65. The molecule has 8 heteroatoms. The van der Waals surface area contributed by atoms with Crippen molar-refractivity contribution in [2.75, 3.05) is 36.8 Å². The van der Waals surface area contributed by atoms with Crippen LogP contribution in [-0.2, 0) is 0 Å². The number of nitrogen functional groups attached to an aromatic ring is 1. The molecule has 2 aliphatic heterocycles. The molecule has 1 aromatic heterocycles. The van der Waals surface area contributed by atoms with Crippen LogP contribution >= 0.6 is 0 Å². The summed E-state index contributed by atoms with van der Waals surface area (Å²) >= 11 is 0. The van der Waals surface area contributed by atoms with Gasteiger partial charge in [0.05, 0.1) is 32.9 Å². The van der Waals surface area contributed by atoms with Crippen molar-refractivity contribution in [3.05, 3.63) is 68.8 Å². The van der Waals surface area contributed by atoms with Gasteiger partial charge in [0.2, 0.25) is 0 Å². The van der Waals surface area contributed by atoms with Crippen molar-refractivity contribution in [1.29, 1.82) is 0 Å². The molecule has 5 rings (SSSR count). The Morgan fingerprint density at radius 3 is 2.71 bits per heavy atom. The molecule has 4 N–H and O–H groups in total. The van der Waals surface area contributed by atoms with Crippen LogP contribution in [0.1, 0.15) is 11.7 Å². The van der Waals surface area contributed by atoms with Crippen LogP contribution in [-0.4, -0.2) is 31.2 Å². The lowest BCUT2D eigenvalue weighted by molar-refractivity contribution is 0.589. The number of nitrogens with two attached hydrogens (primary N) is 1. The first-order valence-corrected chi connectivity index (χ1v) is 9.23. The van der Waals surface area contributed by atoms with Gasteiger partial charge >= 0.3 is 0 Å². The largest absolute Gasteiger partial charge is 0.398 e. The van der Waals surface area contributed by atoms with E-state index in [0.717, 1.165) is 31.9 Å². The average molecular weight is 378 g/mol. The molecule has 3 aromatic rings. The molecule has 0 amide bonds. The molecule has 1 saturated heterocycles. The number of benzene rings is 2. The Kier molecular flexibility index (Phi) is 3.87. The molecule has 2 aromatic carbocycles. The van der Waals surface area contributed by atoms with Gasteiger partial charge in [0.25, 0.3) is 5.56 Å². The Morgan fingerprint density at radius 2 is 1.89 bits per heavy atom. The van der Waals surface area contributed by atoms with Gasteiger partial charge in [0.1, 0.15) is 5.82 Å². The molecule has 142 valence electrons. The molecule has 0 radical (unpaired) electrons. The summed E-state index contributed by atoms with van der Waals surface area (Å²) in [5, 5.41) is 4.95. The topological polar surface area (TPSA) is 98.9 Å². The van der Waals surface area contributed by atoms with Gasteiger partial charge in [-0.2, -0.15) is 0 Å². The van der Waals surface area contributed by atoms with E-state index in [-0.39, 0.29) is 16.6 Å². The maximum Gasteiger partial charge on any atom is 0.257 e. The van der Waals surface area contributed by atoms with Crippen LogP contribution in [0.15, 0.2) is 51.2 Å². The lowest BCUT2D eigenvalue weighted by Crippen LogP contribution is -2.44. The van der Waals surface area contributed by atoms with Crippen molar-refractivity contribution in [3.8, 4) is 0 Å². The van der Waals surface area contributed by atoms with E-state index in [1.165, 1.54) is 12.1 Å². The number of anilines is 2. The van der Waals surface area contributed by atoms with Gasteiger partial charge in [-0.05, 0) is 30.3 Å². The zero-order valence-electron chi connectivity index (χ0n) is 15.1. The van der Waals surface area contributed by atoms with Crippen molar-refractivity contribution in [2.24, 2.45) is 9.98 Å². The number of rotatable bonds is 2. The summed E-state index contributed by atoms with van der Waals surface area (Å²) in [6, 6.07) is 10.4. The second kappa shape index (κ2) is 6.42. The van der Waals surface area contributed by atoms with Crippen molar-refractivity contribution >= 4 is 22.3 Å². The van der Waals surface area contributed by atoms with Crippen molar-refractivity contribution in [2.45, 2.75) is 6.17 Å². The number of nitrogens with zero attached hydrogens (tertiary/aromatic N) is 3. The van der Waals surface area contributed by atoms with E-state index in [1.54, 1.807) is 6.07 Å². The minimum absolute atomic E-state index is 0.0875. The quantitative estimate of drug-likeness (QED) is 0.609. The normalized spacial score (nSPS) is 18.6. The average Bonchev–Trinajstić information content (AvgIpc) is 3.11. The van der Waals surface area contributed by atoms with Crippen LogP contribution in [0.3, 0.4) is 0 Å². The van der Waals surface area contributed by atoms with E-state index < -0.39 is 17.5 Å². The van der Waals surface area contributed by atoms with Crippen LogP contribution in [0.25, 0.3) is 10.9 Å². The summed E-state index contributed by atoms with van der Waals surface area (Å²) in [5.41, 5.74) is 7.49. The highest BCUT2D eigenvalue weighted by atomic mass is 19.1. The Morgan fingerprint density at radius 1 is 1.11 bits per heavy atom. The Labute approximate surface area is 159 Å². The number of halogens is 1. The molecule has 1 atom stereocenters. The highest BCUT2D eigenvalue weighted by Crippen LogP contribution is 2.29. The predicted octanol–water partition coefficient (Wildman–Crippen LogP) is 0.611. The fraction of sp³-hybridized carbons (Fsp3) is 0.250. The number of hydrogen-bond acceptors (Lipinski definition) is 6. The van der Waals surface area contributed by atoms with E-state index >= 15 is 0 Å². The maximum atomic E-state index is 14.3. The van der Waals surface area contributed by atoms with Gasteiger partial charge in [0, 0.05) is 31.9 Å². The summed E-state index contributed by atoms with van der Waals surface area (Å²) in [6.45, 7) is 3.73. The predicted molar refractivity (Wildman–Crippen MR) is 106 cm³/mol. The SMILES string of the molecule is Nc1c([C@@H]2N=c3ccc(N4CCNCC4)cc3=N2)c(=O)[nH]c2cccc(F)c12. The fourth-order valence-corrected chi connectivity index (χ4v) is 3.87. The lowest BCUT2D eigenvalue weighted by Gasteiger charge is -2.29. The minimum atomic E-state index is -0.777. The van der Waals surface area contributed by atoms with Gasteiger partial charge in [-0.25, -0.2) is 4.39 Å². The summed E-state index contributed by atoms with van der Waals surface area (Å²) < 4.78 is 14.3. The molecule has 7 nitrogen and oxygen atoms in total. The molecule has 0 spiro atoms. The third-order valence-electron chi connectivity index (χ3n) is 5.29. The molecule has 2 aliphatic rings. The van der Waals surface area contributed by atoms with Gasteiger partial charge in [-0.3, -0.25) is 14.8 Å². The van der Waals surface area contributed by atoms with Crippen LogP contribution in [0, 0.1) is 5.82 Å². The molecule has 3 heterocycles. The lowest BCUT2D eigenvalue weighted by atomic mass is 10.1. The number of H-pyrrole nitrogens is 1. The summed E-state index contributed by atoms with van der Waals surface area (Å²) in [6.07, 6.45) is -0.777. The van der Waals surface area contributed by atoms with Crippen LogP contribution < -0.4 is 32.2 Å². The molecule has 1 fully saturated rings. The Hall–Kier alpha value is -3.26. The van der Waals surface area contributed by atoms with Gasteiger partial charge in [-0.1, -0.05) is 6.07 Å². The molecule has 0 bridgehead atoms.